The minimum Gasteiger partial charge on any atom is -0.501 e. The molecule has 2 fully saturated rings. The van der Waals surface area contributed by atoms with Crippen LogP contribution in [0.2, 0.25) is 0 Å². The summed E-state index contributed by atoms with van der Waals surface area (Å²) >= 11 is 0. The minimum absolute atomic E-state index is 0.0181. The topological polar surface area (TPSA) is 116 Å². The lowest BCUT2D eigenvalue weighted by atomic mass is 9.96. The molecule has 0 amide bonds. The van der Waals surface area contributed by atoms with Gasteiger partial charge in [0.15, 0.2) is 0 Å². The third-order valence-corrected chi connectivity index (χ3v) is 7.18. The normalized spacial score (nSPS) is 15.5. The number of rotatable bonds is 7. The Morgan fingerprint density at radius 2 is 2.03 bits per heavy atom. The molecule has 1 aliphatic heterocycles. The third-order valence-electron chi connectivity index (χ3n) is 7.18. The fourth-order valence-electron chi connectivity index (χ4n) is 4.90. The number of fused-ring (bicyclic) bond motifs is 1. The molecule has 0 atom stereocenters. The molecule has 3 heterocycles. The first-order valence-corrected chi connectivity index (χ1v) is 12.4. The fourth-order valence-corrected chi connectivity index (χ4v) is 4.90. The van der Waals surface area contributed by atoms with E-state index in [0.29, 0.717) is 57.8 Å². The van der Waals surface area contributed by atoms with Crippen LogP contribution in [0.1, 0.15) is 18.5 Å². The number of halogens is 1. The van der Waals surface area contributed by atoms with E-state index in [2.05, 4.69) is 20.1 Å². The SMILES string of the molecule is [C-]#[N+]c1c(OC2CC2)cc(N2CC(OC)C2)c(F)c1-c1c(-c2ccc3c(=O)[nH]nc(CN)c3c2)cnn1C. The molecule has 1 saturated carbocycles. The number of nitrogens with zero attached hydrogens (tertiary/aromatic N) is 5. The maximum atomic E-state index is 16.4. The molecular weight excluding hydrogens is 489 g/mol. The van der Waals surface area contributed by atoms with E-state index in [-0.39, 0.29) is 35.6 Å². The van der Waals surface area contributed by atoms with Gasteiger partial charge in [-0.25, -0.2) is 14.3 Å². The smallest absolute Gasteiger partial charge is 0.272 e. The number of H-pyrrole nitrogens is 1. The lowest BCUT2D eigenvalue weighted by molar-refractivity contribution is 0.0783. The molecule has 2 aromatic heterocycles. The first kappa shape index (κ1) is 24.1. The van der Waals surface area contributed by atoms with E-state index in [9.17, 15) is 4.79 Å². The van der Waals surface area contributed by atoms with Gasteiger partial charge in [0.1, 0.15) is 11.6 Å². The Kier molecular flexibility index (Phi) is 5.86. The van der Waals surface area contributed by atoms with Gasteiger partial charge in [-0.3, -0.25) is 9.48 Å². The molecule has 4 aromatic rings. The monoisotopic (exact) mass is 515 g/mol. The summed E-state index contributed by atoms with van der Waals surface area (Å²) in [6.07, 6.45) is 3.48. The van der Waals surface area contributed by atoms with Gasteiger partial charge in [-0.15, -0.1) is 0 Å². The summed E-state index contributed by atoms with van der Waals surface area (Å²) < 4.78 is 29.5. The maximum Gasteiger partial charge on any atom is 0.272 e. The van der Waals surface area contributed by atoms with Gasteiger partial charge in [0.25, 0.3) is 5.56 Å². The lowest BCUT2D eigenvalue weighted by Gasteiger charge is -2.40. The van der Waals surface area contributed by atoms with Crippen LogP contribution >= 0.6 is 0 Å². The second-order valence-electron chi connectivity index (χ2n) is 9.62. The Balaban J connectivity index is 1.57. The Morgan fingerprint density at radius 1 is 1.24 bits per heavy atom. The number of nitrogens with two attached hydrogens (primary N) is 1. The maximum absolute atomic E-state index is 16.4. The number of nitrogens with one attached hydrogen (secondary N) is 1. The molecule has 11 heteroatoms. The molecular formula is C27H26FN7O3. The van der Waals surface area contributed by atoms with Gasteiger partial charge in [0.05, 0.1) is 47.4 Å². The molecule has 2 aromatic carbocycles. The van der Waals surface area contributed by atoms with Crippen LogP contribution in [0.25, 0.3) is 38.0 Å². The predicted molar refractivity (Wildman–Crippen MR) is 141 cm³/mol. The quantitative estimate of drug-likeness (QED) is 0.362. The minimum atomic E-state index is -0.514. The predicted octanol–water partition coefficient (Wildman–Crippen LogP) is 3.52. The summed E-state index contributed by atoms with van der Waals surface area (Å²) in [5, 5.41) is 12.0. The van der Waals surface area contributed by atoms with Crippen LogP contribution in [-0.2, 0) is 18.3 Å². The van der Waals surface area contributed by atoms with Gasteiger partial charge in [0, 0.05) is 50.3 Å². The van der Waals surface area contributed by atoms with Crippen molar-refractivity contribution in [3.8, 4) is 28.1 Å². The Hall–Kier alpha value is -4.27. The van der Waals surface area contributed by atoms with Crippen molar-refractivity contribution < 1.29 is 13.9 Å². The van der Waals surface area contributed by atoms with Crippen molar-refractivity contribution >= 4 is 22.1 Å². The van der Waals surface area contributed by atoms with Gasteiger partial charge in [-0.1, -0.05) is 6.07 Å². The molecule has 0 radical (unpaired) electrons. The van der Waals surface area contributed by atoms with E-state index in [1.54, 1.807) is 49.3 Å². The largest absolute Gasteiger partial charge is 0.501 e. The van der Waals surface area contributed by atoms with Crippen LogP contribution in [0.3, 0.4) is 0 Å². The van der Waals surface area contributed by atoms with Gasteiger partial charge in [-0.05, 0) is 36.6 Å². The number of hydrogen-bond donors (Lipinski definition) is 2. The summed E-state index contributed by atoms with van der Waals surface area (Å²) in [6.45, 7) is 9.19. The second-order valence-corrected chi connectivity index (χ2v) is 9.62. The van der Waals surface area contributed by atoms with Crippen molar-refractivity contribution in [3.63, 3.8) is 0 Å². The average molecular weight is 516 g/mol. The Morgan fingerprint density at radius 3 is 2.71 bits per heavy atom. The highest BCUT2D eigenvalue weighted by Crippen LogP contribution is 2.49. The van der Waals surface area contributed by atoms with Crippen LogP contribution in [0.5, 0.6) is 5.75 Å². The highest BCUT2D eigenvalue weighted by molar-refractivity contribution is 5.95. The van der Waals surface area contributed by atoms with Gasteiger partial charge in [0.2, 0.25) is 5.69 Å². The van der Waals surface area contributed by atoms with Gasteiger partial charge in [-0.2, -0.15) is 10.2 Å². The average Bonchev–Trinajstić information content (AvgIpc) is 3.64. The standard InChI is InChI=1S/C27H26FN7O3/c1-30-25-22(38-15-5-6-15)9-21(35-12-16(13-35)37-3)24(28)23(25)26-19(11-31-34(26)2)14-4-7-17-18(8-14)20(10-29)32-33-27(17)36/h4,7-9,11,15-16H,5-6,10,12-13,29H2,2-3H3,(H,33,36). The van der Waals surface area contributed by atoms with Crippen molar-refractivity contribution in [2.75, 3.05) is 25.1 Å². The van der Waals surface area contributed by atoms with E-state index in [4.69, 9.17) is 21.8 Å². The number of aryl methyl sites for hydroxylation is 1. The van der Waals surface area contributed by atoms with Crippen molar-refractivity contribution in [1.29, 1.82) is 0 Å². The zero-order valence-electron chi connectivity index (χ0n) is 21.0. The van der Waals surface area contributed by atoms with Crippen molar-refractivity contribution in [1.82, 2.24) is 20.0 Å². The zero-order chi connectivity index (χ0) is 26.6. The van der Waals surface area contributed by atoms with Crippen molar-refractivity contribution in [3.05, 3.63) is 63.7 Å². The van der Waals surface area contributed by atoms with E-state index in [1.165, 1.54) is 0 Å². The number of methoxy groups -OCH3 is 1. The molecule has 6 rings (SSSR count). The molecule has 10 nitrogen and oxygen atoms in total. The second kappa shape index (κ2) is 9.24. The Labute approximate surface area is 217 Å². The number of hydrogen-bond acceptors (Lipinski definition) is 7. The molecule has 3 N–H and O–H groups in total. The summed E-state index contributed by atoms with van der Waals surface area (Å²) in [5.74, 6) is -0.151. The van der Waals surface area contributed by atoms with Crippen LogP contribution in [0.15, 0.2) is 35.3 Å². The van der Waals surface area contributed by atoms with E-state index < -0.39 is 5.82 Å². The van der Waals surface area contributed by atoms with Crippen LogP contribution in [0.4, 0.5) is 15.8 Å². The van der Waals surface area contributed by atoms with E-state index in [0.717, 1.165) is 12.8 Å². The van der Waals surface area contributed by atoms with E-state index in [1.807, 2.05) is 4.90 Å². The molecule has 0 unspecified atom stereocenters. The van der Waals surface area contributed by atoms with Crippen LogP contribution in [0, 0.1) is 12.4 Å². The molecule has 1 aliphatic carbocycles. The number of aromatic amines is 1. The summed E-state index contributed by atoms with van der Waals surface area (Å²) in [5.41, 5.74) is 8.42. The van der Waals surface area contributed by atoms with Crippen molar-refractivity contribution in [2.24, 2.45) is 12.8 Å². The highest BCUT2D eigenvalue weighted by atomic mass is 19.1. The summed E-state index contributed by atoms with van der Waals surface area (Å²) in [7, 11) is 3.35. The number of aromatic nitrogens is 4. The zero-order valence-corrected chi connectivity index (χ0v) is 21.0. The lowest BCUT2D eigenvalue weighted by Crippen LogP contribution is -2.52. The van der Waals surface area contributed by atoms with E-state index >= 15 is 4.39 Å². The van der Waals surface area contributed by atoms with Crippen molar-refractivity contribution in [2.45, 2.75) is 31.6 Å². The molecule has 38 heavy (non-hydrogen) atoms. The number of benzene rings is 2. The molecule has 1 saturated heterocycles. The molecule has 2 aliphatic rings. The van der Waals surface area contributed by atoms with Gasteiger partial charge >= 0.3 is 0 Å². The Bertz CT molecular complexity index is 1660. The third kappa shape index (κ3) is 3.89. The highest BCUT2D eigenvalue weighted by Gasteiger charge is 2.35. The number of ether oxygens (including phenoxy) is 2. The fraction of sp³-hybridized carbons (Fsp3) is 0.333. The summed E-state index contributed by atoms with van der Waals surface area (Å²) in [6, 6.07) is 6.90. The summed E-state index contributed by atoms with van der Waals surface area (Å²) in [4.78, 5) is 18.0. The first-order valence-electron chi connectivity index (χ1n) is 12.4. The molecule has 0 bridgehead atoms. The number of anilines is 1. The molecule has 194 valence electrons. The first-order chi connectivity index (χ1) is 18.4. The van der Waals surface area contributed by atoms with Gasteiger partial charge < -0.3 is 20.1 Å². The molecule has 0 spiro atoms. The van der Waals surface area contributed by atoms with Crippen LogP contribution < -0.4 is 20.9 Å². The van der Waals surface area contributed by atoms with Crippen LogP contribution in [-0.4, -0.2) is 52.4 Å².